The van der Waals surface area contributed by atoms with Crippen LogP contribution in [0.2, 0.25) is 0 Å². The van der Waals surface area contributed by atoms with Crippen molar-refractivity contribution in [2.45, 2.75) is 4.90 Å². The molecule has 0 aliphatic carbocycles. The van der Waals surface area contributed by atoms with Gasteiger partial charge in [-0.05, 0) is 24.3 Å². The van der Waals surface area contributed by atoms with Crippen LogP contribution < -0.4 is 14.4 Å². The molecule has 3 aromatic carbocycles. The fourth-order valence-corrected chi connectivity index (χ4v) is 4.93. The second kappa shape index (κ2) is 7.01. The Hall–Kier alpha value is -3.32. The number of nitrogens with zero attached hydrogens (tertiary/aromatic N) is 1. The highest BCUT2D eigenvalue weighted by Gasteiger charge is 2.35. The smallest absolute Gasteiger partial charge is 0.265 e. The molecule has 7 heteroatoms. The molecule has 0 saturated heterocycles. The summed E-state index contributed by atoms with van der Waals surface area (Å²) in [5.41, 5.74) is 2.44. The molecule has 0 fully saturated rings. The minimum Gasteiger partial charge on any atom is -0.497 e. The van der Waals surface area contributed by atoms with Gasteiger partial charge >= 0.3 is 0 Å². The van der Waals surface area contributed by atoms with Crippen molar-refractivity contribution in [2.75, 3.05) is 23.3 Å². The first kappa shape index (κ1) is 18.1. The summed E-state index contributed by atoms with van der Waals surface area (Å²) in [5, 5.41) is 2.73. The second-order valence-electron chi connectivity index (χ2n) is 6.31. The highest BCUT2D eigenvalue weighted by Crippen LogP contribution is 2.42. The van der Waals surface area contributed by atoms with Crippen molar-refractivity contribution < 1.29 is 17.9 Å². The van der Waals surface area contributed by atoms with Gasteiger partial charge in [0, 0.05) is 22.9 Å². The predicted molar refractivity (Wildman–Crippen MR) is 108 cm³/mol. The van der Waals surface area contributed by atoms with Crippen LogP contribution >= 0.6 is 0 Å². The van der Waals surface area contributed by atoms with E-state index in [0.29, 0.717) is 22.7 Å². The number of hydrogen-bond donors (Lipinski definition) is 1. The molecule has 0 spiro atoms. The highest BCUT2D eigenvalue weighted by molar-refractivity contribution is 7.93. The van der Waals surface area contributed by atoms with Crippen LogP contribution in [-0.4, -0.2) is 28.0 Å². The number of fused-ring (bicyclic) bond motifs is 3. The maximum atomic E-state index is 13.2. The van der Waals surface area contributed by atoms with Crippen molar-refractivity contribution in [3.63, 3.8) is 0 Å². The minimum atomic E-state index is -3.85. The van der Waals surface area contributed by atoms with Crippen LogP contribution in [0.15, 0.2) is 77.7 Å². The lowest BCUT2D eigenvalue weighted by atomic mass is 10.0. The van der Waals surface area contributed by atoms with E-state index in [1.54, 1.807) is 60.7 Å². The van der Waals surface area contributed by atoms with Gasteiger partial charge in [0.1, 0.15) is 12.3 Å². The van der Waals surface area contributed by atoms with Gasteiger partial charge in [-0.15, -0.1) is 0 Å². The molecule has 1 N–H and O–H groups in total. The largest absolute Gasteiger partial charge is 0.497 e. The number of para-hydroxylation sites is 1. The standard InChI is InChI=1S/C21H18N2O4S/c1-27-16-8-6-7-15(13-16)22-21(24)14-23-19-11-4-2-9-17(19)18-10-3-5-12-20(18)28(23,25)26/h2-13H,14H2,1H3,(H,22,24). The quantitative estimate of drug-likeness (QED) is 0.735. The summed E-state index contributed by atoms with van der Waals surface area (Å²) in [6, 6.07) is 20.9. The van der Waals surface area contributed by atoms with Crippen molar-refractivity contribution in [2.24, 2.45) is 0 Å². The summed E-state index contributed by atoms with van der Waals surface area (Å²) in [5.74, 6) is 0.161. The molecule has 142 valence electrons. The fourth-order valence-electron chi connectivity index (χ4n) is 3.28. The summed E-state index contributed by atoms with van der Waals surface area (Å²) in [6.07, 6.45) is 0. The fraction of sp³-hybridized carbons (Fsp3) is 0.0952. The average molecular weight is 394 g/mol. The molecule has 0 aromatic heterocycles. The van der Waals surface area contributed by atoms with Gasteiger partial charge < -0.3 is 10.1 Å². The maximum absolute atomic E-state index is 13.2. The number of carbonyl (C=O) groups excluding carboxylic acids is 1. The topological polar surface area (TPSA) is 75.7 Å². The van der Waals surface area contributed by atoms with E-state index in [9.17, 15) is 13.2 Å². The van der Waals surface area contributed by atoms with Crippen LogP contribution in [0.5, 0.6) is 5.75 Å². The third kappa shape index (κ3) is 3.10. The number of rotatable bonds is 4. The molecule has 0 radical (unpaired) electrons. The molecule has 28 heavy (non-hydrogen) atoms. The monoisotopic (exact) mass is 394 g/mol. The zero-order valence-electron chi connectivity index (χ0n) is 15.1. The van der Waals surface area contributed by atoms with E-state index in [0.717, 1.165) is 9.87 Å². The maximum Gasteiger partial charge on any atom is 0.265 e. The third-order valence-electron chi connectivity index (χ3n) is 4.56. The predicted octanol–water partition coefficient (Wildman–Crippen LogP) is 3.51. The highest BCUT2D eigenvalue weighted by atomic mass is 32.2. The molecule has 0 bridgehead atoms. The lowest BCUT2D eigenvalue weighted by molar-refractivity contribution is -0.114. The molecule has 0 unspecified atom stereocenters. The van der Waals surface area contributed by atoms with Gasteiger partial charge in [0.2, 0.25) is 5.91 Å². The number of methoxy groups -OCH3 is 1. The first-order chi connectivity index (χ1) is 13.5. The van der Waals surface area contributed by atoms with Crippen LogP contribution in [-0.2, 0) is 14.8 Å². The molecule has 1 amide bonds. The number of sulfonamides is 1. The van der Waals surface area contributed by atoms with Crippen LogP contribution in [0.3, 0.4) is 0 Å². The summed E-state index contributed by atoms with van der Waals surface area (Å²) in [6.45, 7) is -0.328. The molecule has 0 atom stereocenters. The summed E-state index contributed by atoms with van der Waals surface area (Å²) >= 11 is 0. The Bertz CT molecular complexity index is 1160. The SMILES string of the molecule is COc1cccc(NC(=O)CN2c3ccccc3-c3ccccc3S2(=O)=O)c1. The van der Waals surface area contributed by atoms with Crippen LogP contribution in [0.1, 0.15) is 0 Å². The number of nitrogens with one attached hydrogen (secondary N) is 1. The van der Waals surface area contributed by atoms with E-state index in [4.69, 9.17) is 4.74 Å². The van der Waals surface area contributed by atoms with Gasteiger partial charge in [-0.25, -0.2) is 8.42 Å². The van der Waals surface area contributed by atoms with Gasteiger partial charge in [-0.3, -0.25) is 9.10 Å². The number of ether oxygens (including phenoxy) is 1. The van der Waals surface area contributed by atoms with E-state index in [1.165, 1.54) is 7.11 Å². The number of anilines is 2. The van der Waals surface area contributed by atoms with Crippen molar-refractivity contribution in [3.05, 3.63) is 72.8 Å². The molecule has 1 aliphatic heterocycles. The third-order valence-corrected chi connectivity index (χ3v) is 6.38. The van der Waals surface area contributed by atoms with E-state index >= 15 is 0 Å². The average Bonchev–Trinajstić information content (AvgIpc) is 2.71. The van der Waals surface area contributed by atoms with Gasteiger partial charge in [0.05, 0.1) is 17.7 Å². The Morgan fingerprint density at radius 3 is 2.46 bits per heavy atom. The van der Waals surface area contributed by atoms with E-state index in [2.05, 4.69) is 5.32 Å². The Morgan fingerprint density at radius 2 is 1.68 bits per heavy atom. The number of carbonyl (C=O) groups is 1. The molecule has 4 rings (SSSR count). The van der Waals surface area contributed by atoms with Gasteiger partial charge in [-0.2, -0.15) is 0 Å². The van der Waals surface area contributed by atoms with Crippen LogP contribution in [0, 0.1) is 0 Å². The Labute approximate surface area is 163 Å². The summed E-state index contributed by atoms with van der Waals surface area (Å²) < 4.78 is 32.7. The lowest BCUT2D eigenvalue weighted by Crippen LogP contribution is -2.40. The summed E-state index contributed by atoms with van der Waals surface area (Å²) in [7, 11) is -2.31. The van der Waals surface area contributed by atoms with Gasteiger partial charge in [0.15, 0.2) is 0 Å². The number of benzene rings is 3. The van der Waals surface area contributed by atoms with Crippen molar-refractivity contribution in [1.29, 1.82) is 0 Å². The molecular weight excluding hydrogens is 376 g/mol. The van der Waals surface area contributed by atoms with Crippen molar-refractivity contribution >= 4 is 27.3 Å². The number of amides is 1. The van der Waals surface area contributed by atoms with E-state index in [1.807, 2.05) is 12.1 Å². The summed E-state index contributed by atoms with van der Waals surface area (Å²) in [4.78, 5) is 12.8. The molecule has 3 aromatic rings. The first-order valence-corrected chi connectivity index (χ1v) is 10.1. The van der Waals surface area contributed by atoms with Crippen LogP contribution in [0.4, 0.5) is 11.4 Å². The molecule has 1 aliphatic rings. The zero-order chi connectivity index (χ0) is 19.7. The van der Waals surface area contributed by atoms with Gasteiger partial charge in [-0.1, -0.05) is 42.5 Å². The molecular formula is C21H18N2O4S. The van der Waals surface area contributed by atoms with E-state index in [-0.39, 0.29) is 11.4 Å². The molecule has 0 saturated carbocycles. The van der Waals surface area contributed by atoms with Gasteiger partial charge in [0.25, 0.3) is 10.0 Å². The van der Waals surface area contributed by atoms with Crippen molar-refractivity contribution in [1.82, 2.24) is 0 Å². The second-order valence-corrected chi connectivity index (χ2v) is 8.14. The molecule has 6 nitrogen and oxygen atoms in total. The Kier molecular flexibility index (Phi) is 4.52. The number of hydrogen-bond acceptors (Lipinski definition) is 4. The van der Waals surface area contributed by atoms with Crippen LogP contribution in [0.25, 0.3) is 11.1 Å². The zero-order valence-corrected chi connectivity index (χ0v) is 15.9. The van der Waals surface area contributed by atoms with Crippen molar-refractivity contribution in [3.8, 4) is 16.9 Å². The Morgan fingerprint density at radius 1 is 0.964 bits per heavy atom. The Balaban J connectivity index is 1.68. The van der Waals surface area contributed by atoms with E-state index < -0.39 is 15.9 Å². The minimum absolute atomic E-state index is 0.197. The first-order valence-electron chi connectivity index (χ1n) is 8.66. The lowest BCUT2D eigenvalue weighted by Gasteiger charge is -2.31. The molecule has 1 heterocycles. The normalized spacial score (nSPS) is 14.0.